The van der Waals surface area contributed by atoms with Crippen LogP contribution in [0.1, 0.15) is 63.5 Å². The van der Waals surface area contributed by atoms with Crippen LogP contribution < -0.4 is 5.32 Å². The highest BCUT2D eigenvalue weighted by molar-refractivity contribution is 5.19. The van der Waals surface area contributed by atoms with Gasteiger partial charge in [-0.15, -0.1) is 0 Å². The van der Waals surface area contributed by atoms with Gasteiger partial charge in [-0.05, 0) is 55.7 Å². The summed E-state index contributed by atoms with van der Waals surface area (Å²) in [5.74, 6) is 1.80. The van der Waals surface area contributed by atoms with Crippen LogP contribution in [0, 0.1) is 17.7 Å². The van der Waals surface area contributed by atoms with E-state index in [0.717, 1.165) is 17.4 Å². The molecule has 2 aliphatic carbocycles. The van der Waals surface area contributed by atoms with E-state index in [4.69, 9.17) is 0 Å². The molecule has 3 rings (SSSR count). The van der Waals surface area contributed by atoms with Crippen molar-refractivity contribution in [1.29, 1.82) is 0 Å². The van der Waals surface area contributed by atoms with Crippen molar-refractivity contribution in [2.45, 2.75) is 64.0 Å². The molecule has 1 nitrogen and oxygen atoms in total. The van der Waals surface area contributed by atoms with Crippen molar-refractivity contribution in [3.63, 3.8) is 0 Å². The summed E-state index contributed by atoms with van der Waals surface area (Å²) in [6, 6.07) is 7.87. The Hall–Kier alpha value is -0.890. The lowest BCUT2D eigenvalue weighted by molar-refractivity contribution is 0.139. The second-order valence-electron chi connectivity index (χ2n) is 6.76. The summed E-state index contributed by atoms with van der Waals surface area (Å²) in [6.45, 7) is 2.15. The van der Waals surface area contributed by atoms with Gasteiger partial charge in [0.2, 0.25) is 0 Å². The van der Waals surface area contributed by atoms with Crippen LogP contribution in [0.5, 0.6) is 0 Å². The van der Waals surface area contributed by atoms with Gasteiger partial charge < -0.3 is 5.32 Å². The molecule has 3 unspecified atom stereocenters. The Balaban J connectivity index is 1.58. The van der Waals surface area contributed by atoms with Gasteiger partial charge in [0.05, 0.1) is 0 Å². The molecule has 4 atom stereocenters. The molecular formula is C18H26FN. The molecule has 0 aromatic heterocycles. The van der Waals surface area contributed by atoms with Gasteiger partial charge in [-0.2, -0.15) is 0 Å². The molecule has 2 saturated carbocycles. The highest BCUT2D eigenvalue weighted by Gasteiger charge is 2.32. The maximum atomic E-state index is 13.3. The number of benzene rings is 1. The third-order valence-corrected chi connectivity index (χ3v) is 5.37. The molecule has 0 aliphatic heterocycles. The topological polar surface area (TPSA) is 12.0 Å². The minimum absolute atomic E-state index is 0.132. The predicted molar refractivity (Wildman–Crippen MR) is 81.0 cm³/mol. The fourth-order valence-corrected chi connectivity index (χ4v) is 4.25. The molecule has 0 spiro atoms. The summed E-state index contributed by atoms with van der Waals surface area (Å²) >= 11 is 0. The molecule has 0 amide bonds. The smallest absolute Gasteiger partial charge is 0.123 e. The van der Waals surface area contributed by atoms with Crippen molar-refractivity contribution in [3.8, 4) is 0 Å². The van der Waals surface area contributed by atoms with Crippen LogP contribution in [0.3, 0.4) is 0 Å². The van der Waals surface area contributed by atoms with Crippen LogP contribution in [0.4, 0.5) is 4.39 Å². The molecule has 0 bridgehead atoms. The second kappa shape index (κ2) is 6.26. The zero-order valence-electron chi connectivity index (χ0n) is 12.4. The van der Waals surface area contributed by atoms with Crippen molar-refractivity contribution < 1.29 is 4.39 Å². The van der Waals surface area contributed by atoms with Crippen LogP contribution in [0.15, 0.2) is 24.3 Å². The molecule has 2 fully saturated rings. The van der Waals surface area contributed by atoms with E-state index in [0.29, 0.717) is 6.04 Å². The first-order valence-corrected chi connectivity index (χ1v) is 8.24. The van der Waals surface area contributed by atoms with Gasteiger partial charge in [0, 0.05) is 12.1 Å². The lowest BCUT2D eigenvalue weighted by atomic mass is 9.69. The molecular weight excluding hydrogens is 249 g/mol. The van der Waals surface area contributed by atoms with Crippen LogP contribution in [0.25, 0.3) is 0 Å². The zero-order valence-corrected chi connectivity index (χ0v) is 12.4. The van der Waals surface area contributed by atoms with Gasteiger partial charge in [0.15, 0.2) is 0 Å². The van der Waals surface area contributed by atoms with Crippen molar-refractivity contribution in [1.82, 2.24) is 5.32 Å². The monoisotopic (exact) mass is 275 g/mol. The van der Waals surface area contributed by atoms with E-state index in [2.05, 4.69) is 12.2 Å². The van der Waals surface area contributed by atoms with Crippen molar-refractivity contribution in [2.24, 2.45) is 11.8 Å². The third-order valence-electron chi connectivity index (χ3n) is 5.37. The molecule has 1 aromatic rings. The van der Waals surface area contributed by atoms with Crippen LogP contribution >= 0.6 is 0 Å². The maximum Gasteiger partial charge on any atom is 0.123 e. The minimum atomic E-state index is -0.132. The lowest BCUT2D eigenvalue weighted by Gasteiger charge is -2.40. The van der Waals surface area contributed by atoms with Gasteiger partial charge >= 0.3 is 0 Å². The molecule has 20 heavy (non-hydrogen) atoms. The Morgan fingerprint density at radius 2 is 1.90 bits per heavy atom. The SMILES string of the molecule is C[C@@H](NC1CCC2CCCCC2C1)c1cccc(F)c1. The van der Waals surface area contributed by atoms with Gasteiger partial charge in [-0.25, -0.2) is 4.39 Å². The molecule has 2 aliphatic rings. The highest BCUT2D eigenvalue weighted by Crippen LogP contribution is 2.40. The Morgan fingerprint density at radius 1 is 1.10 bits per heavy atom. The maximum absolute atomic E-state index is 13.3. The van der Waals surface area contributed by atoms with E-state index >= 15 is 0 Å². The van der Waals surface area contributed by atoms with Gasteiger partial charge in [0.1, 0.15) is 5.82 Å². The van der Waals surface area contributed by atoms with E-state index in [1.807, 2.05) is 6.07 Å². The zero-order chi connectivity index (χ0) is 13.9. The summed E-state index contributed by atoms with van der Waals surface area (Å²) in [5, 5.41) is 3.73. The molecule has 0 saturated heterocycles. The molecule has 0 radical (unpaired) electrons. The molecule has 2 heteroatoms. The van der Waals surface area contributed by atoms with E-state index < -0.39 is 0 Å². The first-order chi connectivity index (χ1) is 9.72. The van der Waals surface area contributed by atoms with Crippen LogP contribution in [-0.4, -0.2) is 6.04 Å². The average Bonchev–Trinajstić information content (AvgIpc) is 2.47. The molecule has 110 valence electrons. The fraction of sp³-hybridized carbons (Fsp3) is 0.667. The predicted octanol–water partition coefficient (Wildman–Crippen LogP) is 4.84. The van der Waals surface area contributed by atoms with E-state index in [-0.39, 0.29) is 11.9 Å². The number of hydrogen-bond donors (Lipinski definition) is 1. The Kier molecular flexibility index (Phi) is 4.40. The largest absolute Gasteiger partial charge is 0.307 e. The first-order valence-electron chi connectivity index (χ1n) is 8.24. The number of fused-ring (bicyclic) bond motifs is 1. The second-order valence-corrected chi connectivity index (χ2v) is 6.76. The standard InChI is InChI=1S/C18H26FN/c1-13(15-7-4-8-17(19)11-15)20-18-10-9-14-5-2-3-6-16(14)12-18/h4,7-8,11,13-14,16,18,20H,2-3,5-6,9-10,12H2,1H3/t13-,14?,16?,18?/m1/s1. The molecule has 1 aromatic carbocycles. The van der Waals surface area contributed by atoms with Gasteiger partial charge in [0.25, 0.3) is 0 Å². The molecule has 1 N–H and O–H groups in total. The Morgan fingerprint density at radius 3 is 2.70 bits per heavy atom. The quantitative estimate of drug-likeness (QED) is 0.832. The van der Waals surface area contributed by atoms with E-state index in [1.165, 1.54) is 51.0 Å². The number of rotatable bonds is 3. The van der Waals surface area contributed by atoms with Crippen molar-refractivity contribution in [2.75, 3.05) is 0 Å². The number of halogens is 1. The van der Waals surface area contributed by atoms with E-state index in [9.17, 15) is 4.39 Å². The van der Waals surface area contributed by atoms with Crippen LogP contribution in [-0.2, 0) is 0 Å². The fourth-order valence-electron chi connectivity index (χ4n) is 4.25. The summed E-state index contributed by atoms with van der Waals surface area (Å²) in [4.78, 5) is 0. The number of hydrogen-bond acceptors (Lipinski definition) is 1. The number of nitrogens with one attached hydrogen (secondary N) is 1. The normalized spacial score (nSPS) is 31.6. The third kappa shape index (κ3) is 3.22. The van der Waals surface area contributed by atoms with Crippen molar-refractivity contribution >= 4 is 0 Å². The van der Waals surface area contributed by atoms with E-state index in [1.54, 1.807) is 12.1 Å². The van der Waals surface area contributed by atoms with Crippen LogP contribution in [0.2, 0.25) is 0 Å². The summed E-state index contributed by atoms with van der Waals surface area (Å²) in [6.07, 6.45) is 9.75. The Bertz CT molecular complexity index is 445. The lowest BCUT2D eigenvalue weighted by Crippen LogP contribution is -2.39. The summed E-state index contributed by atoms with van der Waals surface area (Å²) in [5.41, 5.74) is 1.07. The van der Waals surface area contributed by atoms with Gasteiger partial charge in [-0.1, -0.05) is 37.8 Å². The minimum Gasteiger partial charge on any atom is -0.307 e. The Labute approximate surface area is 122 Å². The summed E-state index contributed by atoms with van der Waals surface area (Å²) < 4.78 is 13.3. The molecule has 0 heterocycles. The highest BCUT2D eigenvalue weighted by atomic mass is 19.1. The van der Waals surface area contributed by atoms with Crippen molar-refractivity contribution in [3.05, 3.63) is 35.6 Å². The first kappa shape index (κ1) is 14.1. The average molecular weight is 275 g/mol. The summed E-state index contributed by atoms with van der Waals surface area (Å²) in [7, 11) is 0. The van der Waals surface area contributed by atoms with Gasteiger partial charge in [-0.3, -0.25) is 0 Å².